The molecule has 2 aliphatic rings. The van der Waals surface area contributed by atoms with Crippen molar-refractivity contribution in [1.29, 1.82) is 0 Å². The van der Waals surface area contributed by atoms with Gasteiger partial charge in [0.05, 0.1) is 13.2 Å². The van der Waals surface area contributed by atoms with Crippen LogP contribution in [0.4, 0.5) is 5.69 Å². The van der Waals surface area contributed by atoms with E-state index in [-0.39, 0.29) is 0 Å². The monoisotopic (exact) mass is 336 g/mol. The van der Waals surface area contributed by atoms with Gasteiger partial charge in [0, 0.05) is 18.8 Å². The second-order valence-corrected chi connectivity index (χ2v) is 7.20. The van der Waals surface area contributed by atoms with Crippen LogP contribution in [-0.4, -0.2) is 39.4 Å². The van der Waals surface area contributed by atoms with E-state index in [9.17, 15) is 0 Å². The van der Waals surface area contributed by atoms with Gasteiger partial charge in [-0.3, -0.25) is 0 Å². The minimum atomic E-state index is 0.810. The first-order chi connectivity index (χ1) is 12.4. The van der Waals surface area contributed by atoms with Crippen LogP contribution in [0.1, 0.15) is 18.4 Å². The zero-order valence-electron chi connectivity index (χ0n) is 14.9. The van der Waals surface area contributed by atoms with Gasteiger partial charge in [-0.2, -0.15) is 0 Å². The van der Waals surface area contributed by atoms with Crippen molar-refractivity contribution in [2.75, 3.05) is 44.3 Å². The quantitative estimate of drug-likeness (QED) is 0.921. The molecule has 0 bridgehead atoms. The van der Waals surface area contributed by atoms with E-state index in [1.54, 1.807) is 0 Å². The third-order valence-corrected chi connectivity index (χ3v) is 5.52. The topological polar surface area (TPSA) is 24.5 Å². The summed E-state index contributed by atoms with van der Waals surface area (Å²) in [6, 6.07) is 18.0. The van der Waals surface area contributed by atoms with Crippen LogP contribution < -0.4 is 10.2 Å². The number of rotatable bonds is 4. The average Bonchev–Trinajstić information content (AvgIpc) is 2.70. The molecule has 2 aliphatic heterocycles. The maximum Gasteiger partial charge on any atom is 0.0642 e. The Labute approximate surface area is 151 Å². The largest absolute Gasteiger partial charge is 0.378 e. The molecule has 2 heterocycles. The molecule has 3 nitrogen and oxygen atoms in total. The van der Waals surface area contributed by atoms with Crippen molar-refractivity contribution >= 4 is 5.69 Å². The maximum absolute atomic E-state index is 5.49. The predicted octanol–water partition coefficient (Wildman–Crippen LogP) is 3.73. The molecule has 1 N–H and O–H groups in total. The van der Waals surface area contributed by atoms with Gasteiger partial charge in [-0.1, -0.05) is 36.4 Å². The molecule has 2 aromatic rings. The van der Waals surface area contributed by atoms with Crippen molar-refractivity contribution in [2.45, 2.75) is 19.3 Å². The molecule has 2 aromatic carbocycles. The number of piperidine rings is 1. The summed E-state index contributed by atoms with van der Waals surface area (Å²) in [6.45, 7) is 5.96. The molecule has 0 atom stereocenters. The Bertz CT molecular complexity index is 688. The van der Waals surface area contributed by atoms with E-state index in [1.165, 1.54) is 54.7 Å². The highest BCUT2D eigenvalue weighted by Gasteiger charge is 2.16. The van der Waals surface area contributed by atoms with E-state index in [0.29, 0.717) is 0 Å². The van der Waals surface area contributed by atoms with E-state index in [0.717, 1.165) is 32.2 Å². The lowest BCUT2D eigenvalue weighted by Gasteiger charge is -2.29. The predicted molar refractivity (Wildman–Crippen MR) is 104 cm³/mol. The van der Waals surface area contributed by atoms with Crippen molar-refractivity contribution < 1.29 is 4.74 Å². The van der Waals surface area contributed by atoms with Crippen LogP contribution in [0, 0.1) is 5.92 Å². The second kappa shape index (κ2) is 8.03. The number of benzene rings is 2. The van der Waals surface area contributed by atoms with Crippen LogP contribution in [0.15, 0.2) is 48.5 Å². The van der Waals surface area contributed by atoms with Gasteiger partial charge in [0.2, 0.25) is 0 Å². The standard InChI is InChI=1S/C22H28N2O/c1-2-7-22(19(4-1)16-18-8-10-23-11-9-18)20-5-3-6-21(17-20)24-12-14-25-15-13-24/h1-7,17-18,23H,8-16H2. The molecule has 25 heavy (non-hydrogen) atoms. The summed E-state index contributed by atoms with van der Waals surface area (Å²) in [5.74, 6) is 0.810. The number of nitrogens with one attached hydrogen (secondary N) is 1. The maximum atomic E-state index is 5.49. The van der Waals surface area contributed by atoms with Gasteiger partial charge in [-0.25, -0.2) is 0 Å². The highest BCUT2D eigenvalue weighted by Crippen LogP contribution is 2.30. The van der Waals surface area contributed by atoms with Crippen molar-refractivity contribution in [3.63, 3.8) is 0 Å². The molecule has 2 fully saturated rings. The van der Waals surface area contributed by atoms with Gasteiger partial charge in [0.1, 0.15) is 0 Å². The van der Waals surface area contributed by atoms with E-state index in [4.69, 9.17) is 4.74 Å². The lowest BCUT2D eigenvalue weighted by Crippen LogP contribution is -2.36. The summed E-state index contributed by atoms with van der Waals surface area (Å²) >= 11 is 0. The Morgan fingerprint density at radius 1 is 0.960 bits per heavy atom. The fraction of sp³-hybridized carbons (Fsp3) is 0.455. The number of nitrogens with zero attached hydrogens (tertiary/aromatic N) is 1. The summed E-state index contributed by atoms with van der Waals surface area (Å²) in [6.07, 6.45) is 3.78. The van der Waals surface area contributed by atoms with Gasteiger partial charge in [-0.05, 0) is 67.1 Å². The lowest BCUT2D eigenvalue weighted by atomic mass is 9.87. The second-order valence-electron chi connectivity index (χ2n) is 7.20. The Morgan fingerprint density at radius 2 is 1.76 bits per heavy atom. The molecule has 0 saturated carbocycles. The molecular weight excluding hydrogens is 308 g/mol. The zero-order valence-corrected chi connectivity index (χ0v) is 14.9. The van der Waals surface area contributed by atoms with Crippen LogP contribution in [0.5, 0.6) is 0 Å². The Hall–Kier alpha value is -1.84. The summed E-state index contributed by atoms with van der Waals surface area (Å²) < 4.78 is 5.49. The fourth-order valence-corrected chi connectivity index (χ4v) is 4.07. The van der Waals surface area contributed by atoms with Crippen molar-refractivity contribution in [3.05, 3.63) is 54.1 Å². The first-order valence-electron chi connectivity index (χ1n) is 9.62. The Kier molecular flexibility index (Phi) is 5.34. The smallest absolute Gasteiger partial charge is 0.0642 e. The van der Waals surface area contributed by atoms with E-state index in [1.807, 2.05) is 0 Å². The fourth-order valence-electron chi connectivity index (χ4n) is 4.07. The molecule has 0 radical (unpaired) electrons. The van der Waals surface area contributed by atoms with Crippen LogP contribution in [0.25, 0.3) is 11.1 Å². The molecule has 2 saturated heterocycles. The van der Waals surface area contributed by atoms with Gasteiger partial charge >= 0.3 is 0 Å². The van der Waals surface area contributed by atoms with Crippen LogP contribution in [0.2, 0.25) is 0 Å². The van der Waals surface area contributed by atoms with Gasteiger partial charge in [0.25, 0.3) is 0 Å². The van der Waals surface area contributed by atoms with Crippen molar-refractivity contribution in [2.24, 2.45) is 5.92 Å². The molecule has 0 unspecified atom stereocenters. The minimum absolute atomic E-state index is 0.810. The van der Waals surface area contributed by atoms with Gasteiger partial charge in [-0.15, -0.1) is 0 Å². The number of morpholine rings is 1. The molecule has 3 heteroatoms. The van der Waals surface area contributed by atoms with Crippen molar-refractivity contribution in [3.8, 4) is 11.1 Å². The third-order valence-electron chi connectivity index (χ3n) is 5.52. The SMILES string of the molecule is c1cc(-c2ccccc2CC2CCNCC2)cc(N2CCOCC2)c1. The molecular formula is C22H28N2O. The lowest BCUT2D eigenvalue weighted by molar-refractivity contribution is 0.122. The minimum Gasteiger partial charge on any atom is -0.378 e. The first-order valence-corrected chi connectivity index (χ1v) is 9.62. The zero-order chi connectivity index (χ0) is 16.9. The van der Waals surface area contributed by atoms with Crippen LogP contribution in [-0.2, 0) is 11.2 Å². The summed E-state index contributed by atoms with van der Waals surface area (Å²) in [5.41, 5.74) is 5.55. The Balaban J connectivity index is 1.58. The number of hydrogen-bond donors (Lipinski definition) is 1. The Morgan fingerprint density at radius 3 is 2.60 bits per heavy atom. The third kappa shape index (κ3) is 4.05. The first kappa shape index (κ1) is 16.6. The van der Waals surface area contributed by atoms with E-state index < -0.39 is 0 Å². The summed E-state index contributed by atoms with van der Waals surface area (Å²) in [7, 11) is 0. The number of anilines is 1. The van der Waals surface area contributed by atoms with Crippen LogP contribution in [0.3, 0.4) is 0 Å². The highest BCUT2D eigenvalue weighted by molar-refractivity contribution is 5.71. The molecule has 0 amide bonds. The molecule has 0 spiro atoms. The normalized spacial score (nSPS) is 19.1. The van der Waals surface area contributed by atoms with Gasteiger partial charge < -0.3 is 15.0 Å². The van der Waals surface area contributed by atoms with E-state index >= 15 is 0 Å². The molecule has 132 valence electrons. The molecule has 0 aromatic heterocycles. The summed E-state index contributed by atoms with van der Waals surface area (Å²) in [4.78, 5) is 2.43. The number of hydrogen-bond acceptors (Lipinski definition) is 3. The van der Waals surface area contributed by atoms with Gasteiger partial charge in [0.15, 0.2) is 0 Å². The van der Waals surface area contributed by atoms with E-state index in [2.05, 4.69) is 58.7 Å². The molecule has 0 aliphatic carbocycles. The number of ether oxygens (including phenoxy) is 1. The average molecular weight is 336 g/mol. The van der Waals surface area contributed by atoms with Crippen LogP contribution >= 0.6 is 0 Å². The molecule has 4 rings (SSSR count). The summed E-state index contributed by atoms with van der Waals surface area (Å²) in [5, 5.41) is 3.47. The highest BCUT2D eigenvalue weighted by atomic mass is 16.5. The van der Waals surface area contributed by atoms with Crippen molar-refractivity contribution in [1.82, 2.24) is 5.32 Å².